The van der Waals surface area contributed by atoms with E-state index in [1.165, 1.54) is 0 Å². The number of hydrogen-bond donors (Lipinski definition) is 0. The van der Waals surface area contributed by atoms with Crippen molar-refractivity contribution in [2.75, 3.05) is 13.2 Å². The van der Waals surface area contributed by atoms with Crippen LogP contribution in [0.15, 0.2) is 36.9 Å². The average Bonchev–Trinajstić information content (AvgIpc) is 2.47. The summed E-state index contributed by atoms with van der Waals surface area (Å²) in [4.78, 5) is 0. The van der Waals surface area contributed by atoms with Gasteiger partial charge in [0, 0.05) is 12.8 Å². The van der Waals surface area contributed by atoms with Crippen LogP contribution in [0.1, 0.15) is 31.2 Å². The fraction of sp³-hybridized carbons (Fsp3) is 0.412. The molecule has 0 bridgehead atoms. The summed E-state index contributed by atoms with van der Waals surface area (Å²) in [7, 11) is 0. The molecule has 8 heteroatoms. The highest BCUT2D eigenvalue weighted by molar-refractivity contribution is 5.43. The molecule has 25 heavy (non-hydrogen) atoms. The molecule has 0 heterocycles. The lowest BCUT2D eigenvalue weighted by atomic mass is 10.1. The second kappa shape index (κ2) is 9.39. The van der Waals surface area contributed by atoms with Crippen molar-refractivity contribution in [1.29, 1.82) is 0 Å². The van der Waals surface area contributed by atoms with Crippen LogP contribution in [0.2, 0.25) is 0 Å². The largest absolute Gasteiger partial charge is 0.493 e. The molecule has 0 aliphatic carbocycles. The highest BCUT2D eigenvalue weighted by Gasteiger charge is 2.39. The van der Waals surface area contributed by atoms with Gasteiger partial charge in [-0.2, -0.15) is 13.2 Å². The maximum absolute atomic E-state index is 14.2. The predicted molar refractivity (Wildman–Crippen MR) is 81.4 cm³/mol. The van der Waals surface area contributed by atoms with Gasteiger partial charge in [0.25, 0.3) is 0 Å². The van der Waals surface area contributed by atoms with Crippen molar-refractivity contribution in [3.63, 3.8) is 0 Å². The first kappa shape index (κ1) is 20.9. The summed E-state index contributed by atoms with van der Waals surface area (Å²) in [5.74, 6) is -4.15. The lowest BCUT2D eigenvalue weighted by Gasteiger charge is -2.17. The number of benzene rings is 1. The Morgan fingerprint density at radius 1 is 0.880 bits per heavy atom. The van der Waals surface area contributed by atoms with Gasteiger partial charge in [0.05, 0.1) is 24.9 Å². The van der Waals surface area contributed by atoms with Crippen LogP contribution in [0.4, 0.5) is 26.3 Å². The molecule has 140 valence electrons. The molecule has 0 aliphatic rings. The maximum atomic E-state index is 14.2. The molecule has 0 aromatic heterocycles. The molecule has 1 rings (SSSR count). The van der Waals surface area contributed by atoms with Gasteiger partial charge >= 0.3 is 6.18 Å². The SMILES string of the molecule is C=C(F)CCCOc1ccc(OCCCC(=C)F)c(C(F)(F)F)c1F. The third-order valence-corrected chi connectivity index (χ3v) is 3.05. The maximum Gasteiger partial charge on any atom is 0.422 e. The number of ether oxygens (including phenoxy) is 2. The second-order valence-electron chi connectivity index (χ2n) is 5.19. The van der Waals surface area contributed by atoms with Crippen molar-refractivity contribution >= 4 is 0 Å². The minimum Gasteiger partial charge on any atom is -0.493 e. The summed E-state index contributed by atoms with van der Waals surface area (Å²) < 4.78 is 88.3. The van der Waals surface area contributed by atoms with E-state index in [2.05, 4.69) is 13.2 Å². The first-order valence-corrected chi connectivity index (χ1v) is 7.44. The predicted octanol–water partition coefficient (Wildman–Crippen LogP) is 6.13. The van der Waals surface area contributed by atoms with Gasteiger partial charge in [-0.25, -0.2) is 13.2 Å². The fourth-order valence-electron chi connectivity index (χ4n) is 1.93. The van der Waals surface area contributed by atoms with E-state index >= 15 is 0 Å². The van der Waals surface area contributed by atoms with Crippen molar-refractivity contribution in [3.8, 4) is 11.5 Å². The van der Waals surface area contributed by atoms with Crippen LogP contribution in [0, 0.1) is 5.82 Å². The van der Waals surface area contributed by atoms with Crippen LogP contribution in [-0.2, 0) is 6.18 Å². The number of allylic oxidation sites excluding steroid dienone is 2. The van der Waals surface area contributed by atoms with Crippen LogP contribution < -0.4 is 9.47 Å². The molecule has 0 unspecified atom stereocenters. The molecule has 0 aliphatic heterocycles. The molecular formula is C17H18F6O2. The third-order valence-electron chi connectivity index (χ3n) is 3.05. The Bertz CT molecular complexity index is 610. The minimum absolute atomic E-state index is 0.0329. The van der Waals surface area contributed by atoms with Gasteiger partial charge in [-0.1, -0.05) is 13.2 Å². The Kier molecular flexibility index (Phi) is 7.86. The topological polar surface area (TPSA) is 18.5 Å². The number of rotatable bonds is 10. The van der Waals surface area contributed by atoms with Crippen LogP contribution in [0.5, 0.6) is 11.5 Å². The quantitative estimate of drug-likeness (QED) is 0.365. The smallest absolute Gasteiger partial charge is 0.422 e. The molecule has 0 saturated heterocycles. The van der Waals surface area contributed by atoms with Crippen molar-refractivity contribution in [1.82, 2.24) is 0 Å². The summed E-state index contributed by atoms with van der Waals surface area (Å²) in [5.41, 5.74) is -1.60. The molecular weight excluding hydrogens is 350 g/mol. The molecule has 0 spiro atoms. The van der Waals surface area contributed by atoms with Crippen LogP contribution >= 0.6 is 0 Å². The van der Waals surface area contributed by atoms with Gasteiger partial charge < -0.3 is 9.47 Å². The van der Waals surface area contributed by atoms with Crippen LogP contribution in [0.3, 0.4) is 0 Å². The van der Waals surface area contributed by atoms with Gasteiger partial charge in [0.15, 0.2) is 11.6 Å². The Balaban J connectivity index is 2.86. The van der Waals surface area contributed by atoms with Gasteiger partial charge in [0.2, 0.25) is 0 Å². The van der Waals surface area contributed by atoms with E-state index in [9.17, 15) is 26.3 Å². The molecule has 0 N–H and O–H groups in total. The van der Waals surface area contributed by atoms with E-state index in [1.807, 2.05) is 0 Å². The summed E-state index contributed by atoms with van der Waals surface area (Å²) in [6.07, 6.45) is -4.86. The number of halogens is 6. The Morgan fingerprint density at radius 3 is 1.76 bits per heavy atom. The normalized spacial score (nSPS) is 11.3. The Morgan fingerprint density at radius 2 is 1.32 bits per heavy atom. The summed E-state index contributed by atoms with van der Waals surface area (Å²) in [5, 5.41) is 0. The van der Waals surface area contributed by atoms with Crippen molar-refractivity contribution < 1.29 is 35.8 Å². The van der Waals surface area contributed by atoms with E-state index in [1.54, 1.807) is 0 Å². The lowest BCUT2D eigenvalue weighted by molar-refractivity contribution is -0.141. The average molecular weight is 368 g/mol. The van der Waals surface area contributed by atoms with Gasteiger partial charge in [-0.05, 0) is 25.0 Å². The van der Waals surface area contributed by atoms with Crippen molar-refractivity contribution in [3.05, 3.63) is 48.3 Å². The molecule has 1 aromatic carbocycles. The fourth-order valence-corrected chi connectivity index (χ4v) is 1.93. The molecule has 0 fully saturated rings. The standard InChI is InChI=1S/C17H18F6O2/c1-11(18)5-3-9-24-13-7-8-14(25-10-4-6-12(2)19)16(20)15(13)17(21,22)23/h7-8H,1-6,9-10H2. The molecule has 0 saturated carbocycles. The summed E-state index contributed by atoms with van der Waals surface area (Å²) in [6.45, 7) is 5.65. The van der Waals surface area contributed by atoms with E-state index in [-0.39, 0.29) is 38.9 Å². The van der Waals surface area contributed by atoms with Gasteiger partial charge in [0.1, 0.15) is 11.3 Å². The summed E-state index contributed by atoms with van der Waals surface area (Å²) >= 11 is 0. The van der Waals surface area contributed by atoms with E-state index in [4.69, 9.17) is 9.47 Å². The van der Waals surface area contributed by atoms with Crippen molar-refractivity contribution in [2.45, 2.75) is 31.9 Å². The van der Waals surface area contributed by atoms with E-state index in [0.717, 1.165) is 12.1 Å². The molecule has 0 radical (unpaired) electrons. The van der Waals surface area contributed by atoms with Crippen molar-refractivity contribution in [2.24, 2.45) is 0 Å². The first-order chi connectivity index (χ1) is 11.6. The second-order valence-corrected chi connectivity index (χ2v) is 5.19. The minimum atomic E-state index is -5.00. The highest BCUT2D eigenvalue weighted by atomic mass is 19.4. The lowest BCUT2D eigenvalue weighted by Crippen LogP contribution is -2.13. The monoisotopic (exact) mass is 368 g/mol. The Labute approximate surface area is 141 Å². The molecule has 0 atom stereocenters. The van der Waals surface area contributed by atoms with Gasteiger partial charge in [-0.3, -0.25) is 0 Å². The highest BCUT2D eigenvalue weighted by Crippen LogP contribution is 2.41. The molecule has 1 aromatic rings. The van der Waals surface area contributed by atoms with Crippen LogP contribution in [0.25, 0.3) is 0 Å². The number of alkyl halides is 3. The zero-order valence-corrected chi connectivity index (χ0v) is 13.4. The third kappa shape index (κ3) is 7.11. The zero-order valence-electron chi connectivity index (χ0n) is 13.4. The number of hydrogen-bond acceptors (Lipinski definition) is 2. The first-order valence-electron chi connectivity index (χ1n) is 7.44. The zero-order chi connectivity index (χ0) is 19.0. The van der Waals surface area contributed by atoms with Crippen LogP contribution in [-0.4, -0.2) is 13.2 Å². The molecule has 2 nitrogen and oxygen atoms in total. The van der Waals surface area contributed by atoms with Gasteiger partial charge in [-0.15, -0.1) is 0 Å². The molecule has 0 amide bonds. The van der Waals surface area contributed by atoms with E-state index in [0.29, 0.717) is 0 Å². The van der Waals surface area contributed by atoms with E-state index < -0.39 is 40.7 Å². The summed E-state index contributed by atoms with van der Waals surface area (Å²) in [6, 6.07) is 1.93. The Hall–Kier alpha value is -2.12.